The van der Waals surface area contributed by atoms with Crippen LogP contribution in [0.15, 0.2) is 6.33 Å². The second-order valence-electron chi connectivity index (χ2n) is 1.48. The number of rotatable bonds is 1. The van der Waals surface area contributed by atoms with Crippen molar-refractivity contribution in [2.45, 2.75) is 0 Å². The molecule has 1 aromatic heterocycles. The van der Waals surface area contributed by atoms with Gasteiger partial charge in [-0.15, -0.1) is 9.19 Å². The molecular weight excluding hydrogens is 142 g/mol. The van der Waals surface area contributed by atoms with Gasteiger partial charge in [-0.3, -0.25) is 0 Å². The maximum atomic E-state index is 10.5. The molecule has 0 amide bonds. The van der Waals surface area contributed by atoms with E-state index in [4.69, 9.17) is 0 Å². The van der Waals surface area contributed by atoms with Crippen molar-refractivity contribution in [3.8, 4) is 0 Å². The Balaban J connectivity index is 3.20. The molecule has 0 spiro atoms. The van der Waals surface area contributed by atoms with Crippen LogP contribution in [0.5, 0.6) is 0 Å². The van der Waals surface area contributed by atoms with Gasteiger partial charge >= 0.3 is 0 Å². The molecule has 1 aromatic rings. The van der Waals surface area contributed by atoms with E-state index in [9.17, 15) is 8.42 Å². The van der Waals surface area contributed by atoms with Crippen LogP contribution >= 0.6 is 0 Å². The van der Waals surface area contributed by atoms with Crippen molar-refractivity contribution in [2.75, 3.05) is 6.26 Å². The third-order valence-electron chi connectivity index (χ3n) is 0.697. The molecule has 1 radical (unpaired) electrons. The fraction of sp³-hybridized carbons (Fsp3) is 0.333. The summed E-state index contributed by atoms with van der Waals surface area (Å²) in [5, 5.41) is 3.28. The summed E-state index contributed by atoms with van der Waals surface area (Å²) in [5.74, 6) is 0. The molecule has 9 heavy (non-hydrogen) atoms. The molecule has 0 aromatic carbocycles. The molecule has 6 heteroatoms. The maximum Gasteiger partial charge on any atom is 0.252 e. The number of aromatic nitrogens is 3. The number of hydrogen-bond donors (Lipinski definition) is 0. The second-order valence-corrected chi connectivity index (χ2v) is 3.32. The topological polar surface area (TPSA) is 64.8 Å². The first-order valence-electron chi connectivity index (χ1n) is 2.09. The van der Waals surface area contributed by atoms with E-state index in [0.717, 1.165) is 16.7 Å². The van der Waals surface area contributed by atoms with Gasteiger partial charge in [0.15, 0.2) is 0 Å². The van der Waals surface area contributed by atoms with Gasteiger partial charge in [0.1, 0.15) is 6.33 Å². The lowest BCUT2D eigenvalue weighted by Crippen LogP contribution is -2.09. The third-order valence-corrected chi connectivity index (χ3v) is 1.55. The fourth-order valence-corrected chi connectivity index (χ4v) is 0.734. The average Bonchev–Trinajstić information content (AvgIpc) is 2.08. The third kappa shape index (κ3) is 1.26. The van der Waals surface area contributed by atoms with Crippen LogP contribution in [0.25, 0.3) is 0 Å². The van der Waals surface area contributed by atoms with E-state index in [1.165, 1.54) is 0 Å². The molecule has 0 aliphatic carbocycles. The smallest absolute Gasteiger partial charge is 0.211 e. The van der Waals surface area contributed by atoms with Crippen molar-refractivity contribution in [1.82, 2.24) is 14.2 Å². The summed E-state index contributed by atoms with van der Waals surface area (Å²) in [7, 11) is -3.25. The highest BCUT2D eigenvalue weighted by atomic mass is 32.2. The predicted octanol–water partition coefficient (Wildman–Crippen LogP) is -1.11. The molecule has 0 saturated heterocycles. The Morgan fingerprint density at radius 1 is 1.67 bits per heavy atom. The lowest BCUT2D eigenvalue weighted by molar-refractivity contribution is 0.586. The zero-order chi connectivity index (χ0) is 6.91. The average molecular weight is 146 g/mol. The van der Waals surface area contributed by atoms with Gasteiger partial charge in [0.05, 0.1) is 6.26 Å². The SMILES string of the molecule is CS(=O)(=O)n1cn[c]n1. The molecule has 0 bridgehead atoms. The minimum absolute atomic E-state index is 0.743. The van der Waals surface area contributed by atoms with E-state index in [-0.39, 0.29) is 0 Å². The summed E-state index contributed by atoms with van der Waals surface area (Å²) in [4.78, 5) is 3.34. The van der Waals surface area contributed by atoms with Gasteiger partial charge in [0.25, 0.3) is 10.0 Å². The summed E-state index contributed by atoms with van der Waals surface area (Å²) in [5.41, 5.74) is 0. The molecular formula is C3H4N3O2S. The first kappa shape index (κ1) is 6.21. The Labute approximate surface area is 52.4 Å². The molecule has 0 unspecified atom stereocenters. The normalized spacial score (nSPS) is 11.7. The molecule has 5 nitrogen and oxygen atoms in total. The van der Waals surface area contributed by atoms with Crippen LogP contribution in [0.1, 0.15) is 0 Å². The summed E-state index contributed by atoms with van der Waals surface area (Å²) in [6, 6.07) is 0. The monoisotopic (exact) mass is 146 g/mol. The van der Waals surface area contributed by atoms with Gasteiger partial charge in [-0.25, -0.2) is 13.4 Å². The lowest BCUT2D eigenvalue weighted by atomic mass is 11.3. The van der Waals surface area contributed by atoms with Crippen molar-refractivity contribution in [2.24, 2.45) is 0 Å². The first-order chi connectivity index (χ1) is 4.11. The molecule has 0 saturated carbocycles. The van der Waals surface area contributed by atoms with E-state index in [1.54, 1.807) is 0 Å². The maximum absolute atomic E-state index is 10.5. The summed E-state index contributed by atoms with van der Waals surface area (Å²) < 4.78 is 21.8. The molecule has 0 aliphatic rings. The molecule has 49 valence electrons. The lowest BCUT2D eigenvalue weighted by Gasteiger charge is -1.90. The van der Waals surface area contributed by atoms with E-state index in [1.807, 2.05) is 0 Å². The van der Waals surface area contributed by atoms with Crippen molar-refractivity contribution < 1.29 is 8.42 Å². The fourth-order valence-electron chi connectivity index (χ4n) is 0.331. The van der Waals surface area contributed by atoms with Gasteiger partial charge in [0, 0.05) is 0 Å². The molecule has 1 rings (SSSR count). The Morgan fingerprint density at radius 3 is 2.56 bits per heavy atom. The van der Waals surface area contributed by atoms with E-state index in [0.29, 0.717) is 0 Å². The van der Waals surface area contributed by atoms with Crippen molar-refractivity contribution in [1.29, 1.82) is 0 Å². The first-order valence-corrected chi connectivity index (χ1v) is 3.94. The Kier molecular flexibility index (Phi) is 1.24. The van der Waals surface area contributed by atoms with Gasteiger partial charge < -0.3 is 0 Å². The van der Waals surface area contributed by atoms with Gasteiger partial charge in [0.2, 0.25) is 6.33 Å². The highest BCUT2D eigenvalue weighted by Crippen LogP contribution is 1.84. The summed E-state index contributed by atoms with van der Waals surface area (Å²) >= 11 is 0. The minimum atomic E-state index is -3.25. The van der Waals surface area contributed by atoms with E-state index in [2.05, 4.69) is 16.4 Å². The van der Waals surface area contributed by atoms with Crippen LogP contribution in [0.2, 0.25) is 0 Å². The van der Waals surface area contributed by atoms with Crippen LogP contribution < -0.4 is 0 Å². The zero-order valence-corrected chi connectivity index (χ0v) is 5.46. The molecule has 0 aliphatic heterocycles. The predicted molar refractivity (Wildman–Crippen MR) is 29.1 cm³/mol. The van der Waals surface area contributed by atoms with Crippen LogP contribution in [0, 0.1) is 6.33 Å². The van der Waals surface area contributed by atoms with Crippen molar-refractivity contribution in [3.05, 3.63) is 12.7 Å². The summed E-state index contributed by atoms with van der Waals surface area (Å²) in [6.07, 6.45) is 4.24. The van der Waals surface area contributed by atoms with Crippen LogP contribution in [-0.4, -0.2) is 28.8 Å². The highest BCUT2D eigenvalue weighted by Gasteiger charge is 2.02. The number of hydrogen-bond acceptors (Lipinski definition) is 4. The van der Waals surface area contributed by atoms with Gasteiger partial charge in [-0.2, -0.15) is 0 Å². The second kappa shape index (κ2) is 1.80. The molecule has 0 N–H and O–H groups in total. The Morgan fingerprint density at radius 2 is 2.33 bits per heavy atom. The Bertz CT molecular complexity index is 274. The quantitative estimate of drug-likeness (QED) is 0.503. The Hall–Kier alpha value is -0.910. The molecule has 0 atom stereocenters. The van der Waals surface area contributed by atoms with E-state index < -0.39 is 10.0 Å². The minimum Gasteiger partial charge on any atom is -0.211 e. The standard InChI is InChI=1S/C3H4N3O2S/c1-9(7,8)6-3-4-2-5-6/h3H,1H3. The highest BCUT2D eigenvalue weighted by molar-refractivity contribution is 7.89. The summed E-state index contributed by atoms with van der Waals surface area (Å²) in [6.45, 7) is 0. The van der Waals surface area contributed by atoms with Gasteiger partial charge in [-0.1, -0.05) is 0 Å². The molecule has 0 fully saturated rings. The van der Waals surface area contributed by atoms with Crippen LogP contribution in [-0.2, 0) is 10.0 Å². The van der Waals surface area contributed by atoms with E-state index >= 15 is 0 Å². The van der Waals surface area contributed by atoms with Crippen molar-refractivity contribution >= 4 is 10.0 Å². The van der Waals surface area contributed by atoms with Crippen LogP contribution in [0.4, 0.5) is 0 Å². The van der Waals surface area contributed by atoms with Crippen LogP contribution in [0.3, 0.4) is 0 Å². The van der Waals surface area contributed by atoms with Crippen molar-refractivity contribution in [3.63, 3.8) is 0 Å². The largest absolute Gasteiger partial charge is 0.252 e. The number of nitrogens with zero attached hydrogens (tertiary/aromatic N) is 3. The zero-order valence-electron chi connectivity index (χ0n) is 4.64. The van der Waals surface area contributed by atoms with Gasteiger partial charge in [-0.05, 0) is 0 Å². The molecule has 1 heterocycles.